The van der Waals surface area contributed by atoms with Crippen LogP contribution >= 0.6 is 22.9 Å². The lowest BCUT2D eigenvalue weighted by molar-refractivity contribution is 0.0696. The van der Waals surface area contributed by atoms with Gasteiger partial charge in [0.15, 0.2) is 0 Å². The van der Waals surface area contributed by atoms with Gasteiger partial charge in [-0.3, -0.25) is 0 Å². The largest absolute Gasteiger partial charge is 0.478 e. The highest BCUT2D eigenvalue weighted by Crippen LogP contribution is 2.37. The van der Waals surface area contributed by atoms with Gasteiger partial charge in [0.25, 0.3) is 0 Å². The van der Waals surface area contributed by atoms with Crippen molar-refractivity contribution in [3.05, 3.63) is 69.3 Å². The summed E-state index contributed by atoms with van der Waals surface area (Å²) < 4.78 is 42.1. The molecule has 0 amide bonds. The number of halogens is 4. The summed E-state index contributed by atoms with van der Waals surface area (Å²) in [6.45, 7) is 2.19. The molecular formula is C20H15ClF3N3O2S. The standard InChI is InChI=1S/C20H15ClF3N3O2S/c1-2-8-27(25-10-11-6-7-12(22)9-13(11)19(28)29)20-26-17(18(24)30-20)16-14(21)4-3-5-15(16)23/h3-7,9-10H,2,8H2,1H3,(H,28,29)/b25-10+. The van der Waals surface area contributed by atoms with E-state index in [1.807, 2.05) is 6.92 Å². The van der Waals surface area contributed by atoms with Gasteiger partial charge in [0.1, 0.15) is 17.3 Å². The maximum absolute atomic E-state index is 14.6. The van der Waals surface area contributed by atoms with Gasteiger partial charge in [-0.25, -0.2) is 23.6 Å². The third-order valence-corrected chi connectivity index (χ3v) is 5.18. The lowest BCUT2D eigenvalue weighted by Gasteiger charge is -2.14. The Balaban J connectivity index is 1.99. The SMILES string of the molecule is CCCN(/N=C/c1ccc(F)cc1C(=O)O)c1nc(-c2c(F)cccc2Cl)c(F)s1. The number of carboxylic acids is 1. The van der Waals surface area contributed by atoms with E-state index in [0.717, 1.165) is 18.2 Å². The Kier molecular flexibility index (Phi) is 6.73. The number of thiazole rings is 1. The molecule has 0 aliphatic rings. The quantitative estimate of drug-likeness (QED) is 0.361. The van der Waals surface area contributed by atoms with E-state index in [2.05, 4.69) is 10.1 Å². The first-order chi connectivity index (χ1) is 14.3. The highest BCUT2D eigenvalue weighted by atomic mass is 35.5. The van der Waals surface area contributed by atoms with Crippen LogP contribution in [0.15, 0.2) is 41.5 Å². The Morgan fingerprint density at radius 2 is 2.07 bits per heavy atom. The number of nitrogens with zero attached hydrogens (tertiary/aromatic N) is 3. The zero-order chi connectivity index (χ0) is 21.8. The summed E-state index contributed by atoms with van der Waals surface area (Å²) in [5.41, 5.74) is -0.479. The number of aromatic nitrogens is 1. The van der Waals surface area contributed by atoms with Crippen LogP contribution in [0.5, 0.6) is 0 Å². The Labute approximate surface area is 179 Å². The van der Waals surface area contributed by atoms with Crippen LogP contribution < -0.4 is 5.01 Å². The normalized spacial score (nSPS) is 11.2. The van der Waals surface area contributed by atoms with E-state index in [0.29, 0.717) is 24.3 Å². The Morgan fingerprint density at radius 3 is 2.73 bits per heavy atom. The summed E-state index contributed by atoms with van der Waals surface area (Å²) >= 11 is 6.67. The van der Waals surface area contributed by atoms with E-state index in [4.69, 9.17) is 11.6 Å². The van der Waals surface area contributed by atoms with E-state index in [-0.39, 0.29) is 32.5 Å². The van der Waals surface area contributed by atoms with Gasteiger partial charge in [0.05, 0.1) is 22.4 Å². The minimum absolute atomic E-state index is 0.0219. The van der Waals surface area contributed by atoms with Gasteiger partial charge < -0.3 is 5.11 Å². The Hall–Kier alpha value is -2.91. The zero-order valence-electron chi connectivity index (χ0n) is 15.6. The number of hydrogen-bond acceptors (Lipinski definition) is 5. The number of carboxylic acid groups (broad SMARTS) is 1. The molecule has 156 valence electrons. The van der Waals surface area contributed by atoms with Crippen molar-refractivity contribution < 1.29 is 23.1 Å². The number of hydrazone groups is 1. The lowest BCUT2D eigenvalue weighted by Crippen LogP contribution is -2.17. The average Bonchev–Trinajstić information content (AvgIpc) is 3.07. The first-order valence-electron chi connectivity index (χ1n) is 8.76. The molecule has 1 aromatic heterocycles. The molecule has 10 heteroatoms. The van der Waals surface area contributed by atoms with Gasteiger partial charge in [-0.1, -0.05) is 35.9 Å². The number of benzene rings is 2. The van der Waals surface area contributed by atoms with Gasteiger partial charge >= 0.3 is 5.97 Å². The van der Waals surface area contributed by atoms with Crippen LogP contribution in [-0.4, -0.2) is 28.8 Å². The first kappa shape index (κ1) is 21.8. The lowest BCUT2D eigenvalue weighted by atomic mass is 10.1. The Morgan fingerprint density at radius 1 is 1.30 bits per heavy atom. The third kappa shape index (κ3) is 4.63. The fraction of sp³-hybridized carbons (Fsp3) is 0.150. The Bertz CT molecular complexity index is 1100. The molecule has 0 fully saturated rings. The number of rotatable bonds is 7. The molecule has 0 saturated carbocycles. The van der Waals surface area contributed by atoms with Crippen LogP contribution in [-0.2, 0) is 0 Å². The highest BCUT2D eigenvalue weighted by Gasteiger charge is 2.22. The molecule has 1 N–H and O–H groups in total. The summed E-state index contributed by atoms with van der Waals surface area (Å²) in [5, 5.41) is 14.2. The minimum atomic E-state index is -1.31. The second-order valence-corrected chi connectivity index (χ2v) is 7.45. The van der Waals surface area contributed by atoms with Crippen LogP contribution in [0.3, 0.4) is 0 Å². The number of aromatic carboxylic acids is 1. The van der Waals surface area contributed by atoms with Gasteiger partial charge in [0, 0.05) is 12.1 Å². The molecule has 0 saturated heterocycles. The molecule has 3 aromatic rings. The maximum Gasteiger partial charge on any atom is 0.336 e. The second-order valence-electron chi connectivity index (χ2n) is 6.12. The van der Waals surface area contributed by atoms with Crippen molar-refractivity contribution in [1.29, 1.82) is 0 Å². The predicted molar refractivity (Wildman–Crippen MR) is 111 cm³/mol. The summed E-state index contributed by atoms with van der Waals surface area (Å²) in [7, 11) is 0. The van der Waals surface area contributed by atoms with E-state index in [1.54, 1.807) is 0 Å². The van der Waals surface area contributed by atoms with Gasteiger partial charge in [-0.05, 0) is 36.8 Å². The molecule has 0 aliphatic carbocycles. The van der Waals surface area contributed by atoms with Crippen molar-refractivity contribution in [3.63, 3.8) is 0 Å². The molecule has 0 atom stereocenters. The van der Waals surface area contributed by atoms with Crippen molar-refractivity contribution in [2.24, 2.45) is 5.10 Å². The fourth-order valence-corrected chi connectivity index (χ4v) is 3.69. The molecule has 3 rings (SSSR count). The van der Waals surface area contributed by atoms with Crippen LogP contribution in [0.2, 0.25) is 5.02 Å². The minimum Gasteiger partial charge on any atom is -0.478 e. The predicted octanol–water partition coefficient (Wildman–Crippen LogP) is 5.83. The highest BCUT2D eigenvalue weighted by molar-refractivity contribution is 7.14. The summed E-state index contributed by atoms with van der Waals surface area (Å²) in [4.78, 5) is 15.5. The van der Waals surface area contributed by atoms with Crippen LogP contribution in [0.4, 0.5) is 18.3 Å². The third-order valence-electron chi connectivity index (χ3n) is 4.01. The monoisotopic (exact) mass is 453 g/mol. The molecule has 0 radical (unpaired) electrons. The number of hydrogen-bond donors (Lipinski definition) is 1. The van der Waals surface area contributed by atoms with Crippen molar-refractivity contribution >= 4 is 40.3 Å². The zero-order valence-corrected chi connectivity index (χ0v) is 17.1. The average molecular weight is 454 g/mol. The molecule has 30 heavy (non-hydrogen) atoms. The first-order valence-corrected chi connectivity index (χ1v) is 9.96. The summed E-state index contributed by atoms with van der Waals surface area (Å²) in [6, 6.07) is 7.27. The van der Waals surface area contributed by atoms with Crippen LogP contribution in [0, 0.1) is 16.8 Å². The van der Waals surface area contributed by atoms with Gasteiger partial charge in [0.2, 0.25) is 10.3 Å². The van der Waals surface area contributed by atoms with E-state index in [9.17, 15) is 23.1 Å². The van der Waals surface area contributed by atoms with Crippen molar-refractivity contribution in [3.8, 4) is 11.3 Å². The molecule has 0 spiro atoms. The molecule has 0 bridgehead atoms. The van der Waals surface area contributed by atoms with Crippen LogP contribution in [0.25, 0.3) is 11.3 Å². The molecular weight excluding hydrogens is 439 g/mol. The summed E-state index contributed by atoms with van der Waals surface area (Å²) in [6.07, 6.45) is 1.84. The summed E-state index contributed by atoms with van der Waals surface area (Å²) in [5.74, 6) is -2.71. The van der Waals surface area contributed by atoms with E-state index in [1.165, 1.54) is 29.4 Å². The van der Waals surface area contributed by atoms with E-state index >= 15 is 0 Å². The molecule has 5 nitrogen and oxygen atoms in total. The number of anilines is 1. The molecule has 0 aliphatic heterocycles. The number of carbonyl (C=O) groups is 1. The van der Waals surface area contributed by atoms with Crippen molar-refractivity contribution in [1.82, 2.24) is 4.98 Å². The van der Waals surface area contributed by atoms with Crippen molar-refractivity contribution in [2.45, 2.75) is 13.3 Å². The second kappa shape index (κ2) is 9.27. The van der Waals surface area contributed by atoms with Crippen LogP contribution in [0.1, 0.15) is 29.3 Å². The molecule has 1 heterocycles. The van der Waals surface area contributed by atoms with Gasteiger partial charge in [-0.2, -0.15) is 9.49 Å². The van der Waals surface area contributed by atoms with Crippen molar-refractivity contribution in [2.75, 3.05) is 11.6 Å². The van der Waals surface area contributed by atoms with E-state index < -0.39 is 22.7 Å². The van der Waals surface area contributed by atoms with Gasteiger partial charge in [-0.15, -0.1) is 0 Å². The maximum atomic E-state index is 14.6. The smallest absolute Gasteiger partial charge is 0.336 e. The molecule has 0 unspecified atom stereocenters. The molecule has 2 aromatic carbocycles. The topological polar surface area (TPSA) is 65.8 Å². The fourth-order valence-electron chi connectivity index (χ4n) is 2.65.